The highest BCUT2D eigenvalue weighted by atomic mass is 16.6. The number of hydrogen-bond acceptors (Lipinski definition) is 5. The smallest absolute Gasteiger partial charge is 0.278 e. The average molecular weight is 252 g/mol. The summed E-state index contributed by atoms with van der Waals surface area (Å²) in [7, 11) is 2.89. The molecule has 0 aliphatic rings. The molecule has 0 spiro atoms. The molecule has 0 aromatic heterocycles. The van der Waals surface area contributed by atoms with Gasteiger partial charge < -0.3 is 15.2 Å². The number of nitrogens with zero attached hydrogens (tertiary/aromatic N) is 1. The first-order chi connectivity index (χ1) is 8.54. The number of hydrogen-bond donors (Lipinski definition) is 1. The molecular formula is C12H16N2O4. The quantitative estimate of drug-likeness (QED) is 0.476. The number of nitro benzene ring substituents is 1. The summed E-state index contributed by atoms with van der Waals surface area (Å²) >= 11 is 0. The lowest BCUT2D eigenvalue weighted by Crippen LogP contribution is -2.12. The van der Waals surface area contributed by atoms with Crippen molar-refractivity contribution >= 4 is 5.69 Å². The standard InChI is InChI=1S/C12H16N2O4/c1-4-5-9(13)8-6-11(17-2)12(18-3)7-10(8)14(15)16/h4,6-7,9H,1,5,13H2,2-3H3/t9-/m0/s1. The third-order valence-corrected chi connectivity index (χ3v) is 2.55. The topological polar surface area (TPSA) is 87.6 Å². The SMILES string of the molecule is C=CC[C@H](N)c1cc(OC)c(OC)cc1[N+](=O)[O-]. The number of nitrogens with two attached hydrogens (primary N) is 1. The summed E-state index contributed by atoms with van der Waals surface area (Å²) in [5, 5.41) is 11.0. The van der Waals surface area contributed by atoms with Crippen LogP contribution in [0.25, 0.3) is 0 Å². The number of benzene rings is 1. The van der Waals surface area contributed by atoms with Crippen LogP contribution in [0.15, 0.2) is 24.8 Å². The second-order valence-corrected chi connectivity index (χ2v) is 3.65. The molecular weight excluding hydrogens is 236 g/mol. The van der Waals surface area contributed by atoms with Crippen molar-refractivity contribution in [2.45, 2.75) is 12.5 Å². The van der Waals surface area contributed by atoms with Crippen LogP contribution in [0.2, 0.25) is 0 Å². The van der Waals surface area contributed by atoms with Gasteiger partial charge in [-0.1, -0.05) is 6.08 Å². The van der Waals surface area contributed by atoms with Crippen LogP contribution in [0.1, 0.15) is 18.0 Å². The van der Waals surface area contributed by atoms with E-state index in [9.17, 15) is 10.1 Å². The van der Waals surface area contributed by atoms with Gasteiger partial charge >= 0.3 is 0 Å². The van der Waals surface area contributed by atoms with Gasteiger partial charge in [0.25, 0.3) is 5.69 Å². The van der Waals surface area contributed by atoms with Crippen molar-refractivity contribution in [1.82, 2.24) is 0 Å². The zero-order valence-corrected chi connectivity index (χ0v) is 10.4. The van der Waals surface area contributed by atoms with Gasteiger partial charge in [0, 0.05) is 6.04 Å². The van der Waals surface area contributed by atoms with E-state index in [1.165, 1.54) is 26.4 Å². The molecule has 0 unspecified atom stereocenters. The maximum absolute atomic E-state index is 11.0. The van der Waals surface area contributed by atoms with Crippen LogP contribution in [0, 0.1) is 10.1 Å². The maximum atomic E-state index is 11.0. The van der Waals surface area contributed by atoms with Crippen LogP contribution >= 0.6 is 0 Å². The van der Waals surface area contributed by atoms with E-state index in [1.54, 1.807) is 6.08 Å². The van der Waals surface area contributed by atoms with Crippen LogP contribution < -0.4 is 15.2 Å². The van der Waals surface area contributed by atoms with Gasteiger partial charge in [-0.25, -0.2) is 0 Å². The monoisotopic (exact) mass is 252 g/mol. The van der Waals surface area contributed by atoms with Gasteiger partial charge in [0.1, 0.15) is 0 Å². The fraction of sp³-hybridized carbons (Fsp3) is 0.333. The van der Waals surface area contributed by atoms with Gasteiger partial charge in [-0.15, -0.1) is 6.58 Å². The Morgan fingerprint density at radius 3 is 2.44 bits per heavy atom. The third kappa shape index (κ3) is 2.78. The van der Waals surface area contributed by atoms with Crippen molar-refractivity contribution in [2.75, 3.05) is 14.2 Å². The van der Waals surface area contributed by atoms with Crippen molar-refractivity contribution in [3.8, 4) is 11.5 Å². The van der Waals surface area contributed by atoms with Gasteiger partial charge in [0.2, 0.25) is 0 Å². The predicted octanol–water partition coefficient (Wildman–Crippen LogP) is 2.19. The Hall–Kier alpha value is -2.08. The highest BCUT2D eigenvalue weighted by Crippen LogP contribution is 2.37. The van der Waals surface area contributed by atoms with Crippen LogP contribution in [-0.2, 0) is 0 Å². The van der Waals surface area contributed by atoms with Crippen LogP contribution in [0.4, 0.5) is 5.69 Å². The Kier molecular flexibility index (Phi) is 4.67. The molecule has 1 rings (SSSR count). The van der Waals surface area contributed by atoms with Gasteiger partial charge in [-0.3, -0.25) is 10.1 Å². The van der Waals surface area contributed by atoms with Crippen molar-refractivity contribution in [1.29, 1.82) is 0 Å². The first-order valence-corrected chi connectivity index (χ1v) is 5.31. The lowest BCUT2D eigenvalue weighted by Gasteiger charge is -2.14. The van der Waals surface area contributed by atoms with Gasteiger partial charge in [0.05, 0.1) is 30.8 Å². The molecule has 6 heteroatoms. The van der Waals surface area contributed by atoms with Crippen molar-refractivity contribution in [3.05, 3.63) is 40.5 Å². The Bertz CT molecular complexity index is 460. The molecule has 0 aliphatic carbocycles. The van der Waals surface area contributed by atoms with E-state index in [4.69, 9.17) is 15.2 Å². The molecule has 0 amide bonds. The van der Waals surface area contributed by atoms with Crippen LogP contribution in [-0.4, -0.2) is 19.1 Å². The molecule has 0 aliphatic heterocycles. The van der Waals surface area contributed by atoms with Crippen LogP contribution in [0.3, 0.4) is 0 Å². The van der Waals surface area contributed by atoms with E-state index >= 15 is 0 Å². The fourth-order valence-corrected chi connectivity index (χ4v) is 1.65. The lowest BCUT2D eigenvalue weighted by molar-refractivity contribution is -0.385. The van der Waals surface area contributed by atoms with Crippen molar-refractivity contribution in [2.24, 2.45) is 5.73 Å². The average Bonchev–Trinajstić information content (AvgIpc) is 2.37. The van der Waals surface area contributed by atoms with Gasteiger partial charge in [0.15, 0.2) is 11.5 Å². The second-order valence-electron chi connectivity index (χ2n) is 3.65. The first-order valence-electron chi connectivity index (χ1n) is 5.31. The molecule has 18 heavy (non-hydrogen) atoms. The van der Waals surface area contributed by atoms with Gasteiger partial charge in [-0.2, -0.15) is 0 Å². The summed E-state index contributed by atoms with van der Waals surface area (Å²) in [5.41, 5.74) is 6.21. The minimum Gasteiger partial charge on any atom is -0.493 e. The maximum Gasteiger partial charge on any atom is 0.278 e. The van der Waals surface area contributed by atoms with E-state index in [1.807, 2.05) is 0 Å². The molecule has 2 N–H and O–H groups in total. The molecule has 1 aromatic carbocycles. The number of ether oxygens (including phenoxy) is 2. The predicted molar refractivity (Wildman–Crippen MR) is 67.9 cm³/mol. The summed E-state index contributed by atoms with van der Waals surface area (Å²) in [6, 6.07) is 2.35. The highest BCUT2D eigenvalue weighted by molar-refractivity contribution is 5.55. The van der Waals surface area contributed by atoms with Crippen molar-refractivity contribution in [3.63, 3.8) is 0 Å². The normalized spacial score (nSPS) is 11.7. The molecule has 0 saturated carbocycles. The largest absolute Gasteiger partial charge is 0.493 e. The summed E-state index contributed by atoms with van der Waals surface area (Å²) < 4.78 is 10.1. The summed E-state index contributed by atoms with van der Waals surface area (Å²) in [6.07, 6.45) is 2.06. The molecule has 0 bridgehead atoms. The number of rotatable bonds is 6. The molecule has 1 aromatic rings. The zero-order chi connectivity index (χ0) is 13.7. The van der Waals surface area contributed by atoms with Crippen molar-refractivity contribution < 1.29 is 14.4 Å². The van der Waals surface area contributed by atoms with E-state index in [-0.39, 0.29) is 5.69 Å². The third-order valence-electron chi connectivity index (χ3n) is 2.55. The summed E-state index contributed by atoms with van der Waals surface area (Å²) in [5.74, 6) is 0.719. The minimum atomic E-state index is -0.497. The number of nitro groups is 1. The molecule has 0 fully saturated rings. The molecule has 1 atom stereocenters. The molecule has 0 heterocycles. The minimum absolute atomic E-state index is 0.0815. The Morgan fingerprint density at radius 1 is 1.44 bits per heavy atom. The number of methoxy groups -OCH3 is 2. The lowest BCUT2D eigenvalue weighted by atomic mass is 10.0. The van der Waals surface area contributed by atoms with Gasteiger partial charge in [-0.05, 0) is 12.5 Å². The van der Waals surface area contributed by atoms with E-state index in [0.717, 1.165) is 0 Å². The Labute approximate surface area is 105 Å². The van der Waals surface area contributed by atoms with E-state index in [0.29, 0.717) is 23.5 Å². The molecule has 98 valence electrons. The van der Waals surface area contributed by atoms with E-state index in [2.05, 4.69) is 6.58 Å². The van der Waals surface area contributed by atoms with Crippen LogP contribution in [0.5, 0.6) is 11.5 Å². The molecule has 0 radical (unpaired) electrons. The fourth-order valence-electron chi connectivity index (χ4n) is 1.65. The summed E-state index contributed by atoms with van der Waals surface area (Å²) in [4.78, 5) is 10.5. The Balaban J connectivity index is 3.37. The van der Waals surface area contributed by atoms with E-state index < -0.39 is 11.0 Å². The first kappa shape index (κ1) is 14.0. The highest BCUT2D eigenvalue weighted by Gasteiger charge is 2.22. The molecule has 0 saturated heterocycles. The second kappa shape index (κ2) is 6.02. The summed E-state index contributed by atoms with van der Waals surface area (Å²) in [6.45, 7) is 3.57. The zero-order valence-electron chi connectivity index (χ0n) is 10.4. The Morgan fingerprint density at radius 2 is 2.00 bits per heavy atom. The molecule has 6 nitrogen and oxygen atoms in total.